The van der Waals surface area contributed by atoms with Gasteiger partial charge in [-0.25, -0.2) is 4.98 Å². The summed E-state index contributed by atoms with van der Waals surface area (Å²) in [7, 11) is 0. The topological polar surface area (TPSA) is 105 Å². The van der Waals surface area contributed by atoms with Gasteiger partial charge in [-0.1, -0.05) is 11.6 Å². The second kappa shape index (κ2) is 4.56. The minimum atomic E-state index is -1.16. The summed E-state index contributed by atoms with van der Waals surface area (Å²) in [4.78, 5) is 3.75. The molecule has 14 heavy (non-hydrogen) atoms. The molecule has 1 aromatic heterocycles. The van der Waals surface area contributed by atoms with Gasteiger partial charge in [-0.05, 0) is 6.07 Å². The van der Waals surface area contributed by atoms with Crippen LogP contribution in [0, 0.1) is 0 Å². The zero-order chi connectivity index (χ0) is 10.7. The zero-order valence-electron chi connectivity index (χ0n) is 7.39. The molecule has 0 fully saturated rings. The van der Waals surface area contributed by atoms with Crippen LogP contribution >= 0.6 is 11.6 Å². The highest BCUT2D eigenvalue weighted by molar-refractivity contribution is 6.30. The quantitative estimate of drug-likeness (QED) is 0.555. The Morgan fingerprint density at radius 3 is 2.71 bits per heavy atom. The lowest BCUT2D eigenvalue weighted by Crippen LogP contribution is -2.27. The molecule has 6 heteroatoms. The van der Waals surface area contributed by atoms with Crippen LogP contribution in [0.3, 0.4) is 0 Å². The maximum atomic E-state index is 9.59. The molecule has 0 aliphatic rings. The van der Waals surface area contributed by atoms with E-state index in [0.717, 1.165) is 0 Å². The molecule has 1 heterocycles. The molecule has 6 N–H and O–H groups in total. The second-order valence-corrected chi connectivity index (χ2v) is 3.31. The second-order valence-electron chi connectivity index (χ2n) is 2.88. The van der Waals surface area contributed by atoms with Gasteiger partial charge >= 0.3 is 0 Å². The Morgan fingerprint density at radius 1 is 1.50 bits per heavy atom. The standard InChI is InChI=1S/C8H12ClN3O2/c9-4-1-5(8(11)12-3-4)7(14)6(13)2-10/h1,3,6-7,13-14H,2,10H2,(H2,11,12). The van der Waals surface area contributed by atoms with Gasteiger partial charge in [0.2, 0.25) is 0 Å². The van der Waals surface area contributed by atoms with E-state index in [1.54, 1.807) is 0 Å². The summed E-state index contributed by atoms with van der Waals surface area (Å²) >= 11 is 5.67. The molecular weight excluding hydrogens is 206 g/mol. The molecule has 0 spiro atoms. The molecule has 2 atom stereocenters. The van der Waals surface area contributed by atoms with Crippen LogP contribution < -0.4 is 11.5 Å². The minimum absolute atomic E-state index is 0.0624. The monoisotopic (exact) mass is 217 g/mol. The Morgan fingerprint density at radius 2 is 2.14 bits per heavy atom. The predicted octanol–water partition coefficient (Wildman–Crippen LogP) is -0.330. The number of halogens is 1. The smallest absolute Gasteiger partial charge is 0.129 e. The van der Waals surface area contributed by atoms with Crippen LogP contribution in [0.15, 0.2) is 12.3 Å². The first-order valence-corrected chi connectivity index (χ1v) is 4.41. The number of anilines is 1. The van der Waals surface area contributed by atoms with Gasteiger partial charge < -0.3 is 21.7 Å². The predicted molar refractivity (Wildman–Crippen MR) is 53.7 cm³/mol. The number of nitrogens with zero attached hydrogens (tertiary/aromatic N) is 1. The van der Waals surface area contributed by atoms with Gasteiger partial charge in [0.15, 0.2) is 0 Å². The average Bonchev–Trinajstić information content (AvgIpc) is 2.19. The first kappa shape index (κ1) is 11.2. The van der Waals surface area contributed by atoms with Crippen molar-refractivity contribution in [3.05, 3.63) is 22.8 Å². The van der Waals surface area contributed by atoms with Crippen LogP contribution in [0.1, 0.15) is 11.7 Å². The van der Waals surface area contributed by atoms with E-state index in [9.17, 15) is 10.2 Å². The van der Waals surface area contributed by atoms with Crippen molar-refractivity contribution in [2.75, 3.05) is 12.3 Å². The highest BCUT2D eigenvalue weighted by Gasteiger charge is 2.19. The Kier molecular flexibility index (Phi) is 3.65. The molecule has 0 amide bonds. The van der Waals surface area contributed by atoms with Gasteiger partial charge in [0.05, 0.1) is 11.1 Å². The highest BCUT2D eigenvalue weighted by atomic mass is 35.5. The van der Waals surface area contributed by atoms with E-state index in [1.807, 2.05) is 0 Å². The van der Waals surface area contributed by atoms with Crippen molar-refractivity contribution in [1.82, 2.24) is 4.98 Å². The van der Waals surface area contributed by atoms with Gasteiger partial charge in [0, 0.05) is 18.3 Å². The van der Waals surface area contributed by atoms with Crippen LogP contribution in [-0.4, -0.2) is 27.8 Å². The van der Waals surface area contributed by atoms with E-state index in [-0.39, 0.29) is 17.9 Å². The number of aliphatic hydroxyl groups is 2. The van der Waals surface area contributed by atoms with E-state index in [1.165, 1.54) is 12.3 Å². The van der Waals surface area contributed by atoms with E-state index in [2.05, 4.69) is 4.98 Å². The Labute approximate surface area is 86.3 Å². The van der Waals surface area contributed by atoms with Crippen molar-refractivity contribution >= 4 is 17.4 Å². The summed E-state index contributed by atoms with van der Waals surface area (Å²) in [6, 6.07) is 1.45. The Hall–Kier alpha value is -0.880. The number of aromatic nitrogens is 1. The van der Waals surface area contributed by atoms with Crippen molar-refractivity contribution in [2.45, 2.75) is 12.2 Å². The average molecular weight is 218 g/mol. The summed E-state index contributed by atoms with van der Waals surface area (Å²) in [5, 5.41) is 19.2. The molecule has 0 saturated carbocycles. The largest absolute Gasteiger partial charge is 0.389 e. The van der Waals surface area contributed by atoms with Crippen LogP contribution in [0.2, 0.25) is 5.02 Å². The summed E-state index contributed by atoms with van der Waals surface area (Å²) < 4.78 is 0. The zero-order valence-corrected chi connectivity index (χ0v) is 8.15. The van der Waals surface area contributed by atoms with Gasteiger partial charge in [0.1, 0.15) is 11.9 Å². The van der Waals surface area contributed by atoms with E-state index >= 15 is 0 Å². The van der Waals surface area contributed by atoms with Crippen molar-refractivity contribution < 1.29 is 10.2 Å². The third kappa shape index (κ3) is 2.33. The van der Waals surface area contributed by atoms with Crippen molar-refractivity contribution in [3.8, 4) is 0 Å². The summed E-state index contributed by atoms with van der Waals surface area (Å²) in [6.45, 7) is -0.0624. The molecule has 0 saturated heterocycles. The summed E-state index contributed by atoms with van der Waals surface area (Å²) in [5.74, 6) is 0.134. The van der Waals surface area contributed by atoms with Crippen LogP contribution in [0.5, 0.6) is 0 Å². The number of aliphatic hydroxyl groups excluding tert-OH is 2. The van der Waals surface area contributed by atoms with Crippen molar-refractivity contribution in [3.63, 3.8) is 0 Å². The minimum Gasteiger partial charge on any atom is -0.389 e. The molecule has 78 valence electrons. The van der Waals surface area contributed by atoms with Gasteiger partial charge in [-0.15, -0.1) is 0 Å². The molecule has 1 rings (SSSR count). The summed E-state index contributed by atoms with van der Waals surface area (Å²) in [5.41, 5.74) is 11.0. The maximum absolute atomic E-state index is 9.59. The number of hydrogen-bond donors (Lipinski definition) is 4. The molecule has 0 bridgehead atoms. The fourth-order valence-electron chi connectivity index (χ4n) is 1.04. The fraction of sp³-hybridized carbons (Fsp3) is 0.375. The molecule has 5 nitrogen and oxygen atoms in total. The van der Waals surface area contributed by atoms with Crippen molar-refractivity contribution in [2.24, 2.45) is 5.73 Å². The molecule has 0 aromatic carbocycles. The highest BCUT2D eigenvalue weighted by Crippen LogP contribution is 2.24. The number of pyridine rings is 1. The first-order chi connectivity index (χ1) is 6.56. The molecular formula is C8H12ClN3O2. The lowest BCUT2D eigenvalue weighted by molar-refractivity contribution is 0.0246. The summed E-state index contributed by atoms with van der Waals surface area (Å²) in [6.07, 6.45) is -0.870. The molecule has 0 aliphatic heterocycles. The third-order valence-corrected chi connectivity index (χ3v) is 2.05. The molecule has 0 radical (unpaired) electrons. The SMILES string of the molecule is NCC(O)C(O)c1cc(Cl)cnc1N. The number of nitrogens with two attached hydrogens (primary N) is 2. The van der Waals surface area contributed by atoms with Gasteiger partial charge in [-0.2, -0.15) is 0 Å². The van der Waals surface area contributed by atoms with Crippen molar-refractivity contribution in [1.29, 1.82) is 0 Å². The van der Waals surface area contributed by atoms with E-state index in [4.69, 9.17) is 23.1 Å². The number of nitrogen functional groups attached to an aromatic ring is 1. The number of hydrogen-bond acceptors (Lipinski definition) is 5. The lowest BCUT2D eigenvalue weighted by atomic mass is 10.1. The maximum Gasteiger partial charge on any atom is 0.129 e. The van der Waals surface area contributed by atoms with Crippen LogP contribution in [0.25, 0.3) is 0 Å². The first-order valence-electron chi connectivity index (χ1n) is 4.03. The molecule has 0 aliphatic carbocycles. The lowest BCUT2D eigenvalue weighted by Gasteiger charge is -2.17. The molecule has 1 aromatic rings. The van der Waals surface area contributed by atoms with E-state index < -0.39 is 12.2 Å². The fourth-order valence-corrected chi connectivity index (χ4v) is 1.20. The van der Waals surface area contributed by atoms with Crippen LogP contribution in [-0.2, 0) is 0 Å². The Balaban J connectivity index is 2.99. The van der Waals surface area contributed by atoms with Gasteiger partial charge in [-0.3, -0.25) is 0 Å². The Bertz CT molecular complexity index is 321. The van der Waals surface area contributed by atoms with Crippen LogP contribution in [0.4, 0.5) is 5.82 Å². The van der Waals surface area contributed by atoms with Gasteiger partial charge in [0.25, 0.3) is 0 Å². The molecule has 2 unspecified atom stereocenters. The number of rotatable bonds is 3. The van der Waals surface area contributed by atoms with E-state index in [0.29, 0.717) is 5.02 Å². The normalized spacial score (nSPS) is 15.1. The third-order valence-electron chi connectivity index (χ3n) is 1.84.